The van der Waals surface area contributed by atoms with Crippen molar-refractivity contribution in [2.45, 2.75) is 95.3 Å². The molecule has 1 aliphatic carbocycles. The molecule has 14 nitrogen and oxygen atoms in total. The number of imide groups is 2. The van der Waals surface area contributed by atoms with Crippen LogP contribution in [0.25, 0.3) is 16.8 Å². The summed E-state index contributed by atoms with van der Waals surface area (Å²) in [4.78, 5) is 62.4. The van der Waals surface area contributed by atoms with E-state index >= 15 is 0 Å². The van der Waals surface area contributed by atoms with Crippen LogP contribution in [0.4, 0.5) is 5.69 Å². The lowest BCUT2D eigenvalue weighted by atomic mass is 9.96. The van der Waals surface area contributed by atoms with Gasteiger partial charge in [0.15, 0.2) is 5.82 Å². The Morgan fingerprint density at radius 2 is 1.60 bits per heavy atom. The number of piperidine rings is 2. The highest BCUT2D eigenvalue weighted by atomic mass is 35.5. The second kappa shape index (κ2) is 16.0. The summed E-state index contributed by atoms with van der Waals surface area (Å²) < 4.78 is 4.23. The summed E-state index contributed by atoms with van der Waals surface area (Å²) >= 11 is 6.30. The number of benzene rings is 3. The van der Waals surface area contributed by atoms with Gasteiger partial charge in [-0.3, -0.25) is 43.6 Å². The summed E-state index contributed by atoms with van der Waals surface area (Å²) in [7, 11) is 1.99. The summed E-state index contributed by atoms with van der Waals surface area (Å²) in [6.45, 7) is 5.84. The standard InChI is InChI=1S/C47H49ClN10O4/c1-29-52-53-46-47(20-21-47)51-42(30-10-13-33(48)14-11-30)36-26-31(12-15-37(36)57(29)46)32-27-49-56(28-32)23-6-4-3-5-22-55-24-18-34(19-25-55)54(2)38-9-7-8-35-41(38)45(62)58(44(35)61)39-16-17-40(59)50-43(39)60/h7-15,26-28,34,39H,3-6,16-25H2,1-2H3,(H,50,59,60). The fourth-order valence-corrected chi connectivity index (χ4v) is 9.90. The number of fused-ring (bicyclic) bond motifs is 5. The minimum absolute atomic E-state index is 0.0948. The number of carbonyl (C=O) groups is 4. The molecule has 6 heterocycles. The van der Waals surface area contributed by atoms with Gasteiger partial charge in [0, 0.05) is 67.1 Å². The molecule has 1 spiro atoms. The van der Waals surface area contributed by atoms with E-state index in [-0.39, 0.29) is 30.3 Å². The lowest BCUT2D eigenvalue weighted by molar-refractivity contribution is -0.136. The van der Waals surface area contributed by atoms with Crippen LogP contribution in [0.5, 0.6) is 0 Å². The molecule has 62 heavy (non-hydrogen) atoms. The van der Waals surface area contributed by atoms with Crippen LogP contribution >= 0.6 is 11.6 Å². The van der Waals surface area contributed by atoms with Crippen molar-refractivity contribution < 1.29 is 19.2 Å². The van der Waals surface area contributed by atoms with Crippen molar-refractivity contribution in [1.29, 1.82) is 0 Å². The molecule has 3 aromatic carbocycles. The number of unbranched alkanes of at least 4 members (excludes halogenated alkanes) is 3. The Morgan fingerprint density at radius 3 is 2.35 bits per heavy atom. The number of likely N-dealkylation sites (tertiary alicyclic amines) is 1. The van der Waals surface area contributed by atoms with Gasteiger partial charge in [0.1, 0.15) is 17.4 Å². The van der Waals surface area contributed by atoms with Gasteiger partial charge in [-0.1, -0.05) is 48.7 Å². The van der Waals surface area contributed by atoms with Crippen LogP contribution in [0.3, 0.4) is 0 Å². The minimum atomic E-state index is -0.978. The number of hydrogen-bond donors (Lipinski definition) is 1. The molecule has 1 saturated carbocycles. The van der Waals surface area contributed by atoms with Gasteiger partial charge in [0.25, 0.3) is 11.8 Å². The molecule has 4 aliphatic heterocycles. The number of halogens is 1. The molecule has 15 heteroatoms. The Labute approximate surface area is 364 Å². The number of aromatic nitrogens is 5. The average Bonchev–Trinajstić information content (AvgIpc) is 3.62. The Morgan fingerprint density at radius 1 is 0.839 bits per heavy atom. The molecule has 0 radical (unpaired) electrons. The molecule has 1 unspecified atom stereocenters. The topological polar surface area (TPSA) is 151 Å². The molecule has 2 saturated heterocycles. The minimum Gasteiger partial charge on any atom is -0.371 e. The Balaban J connectivity index is 0.715. The van der Waals surface area contributed by atoms with E-state index in [4.69, 9.17) is 21.7 Å². The Hall–Kier alpha value is -5.99. The van der Waals surface area contributed by atoms with Gasteiger partial charge in [-0.05, 0) is 100 Å². The zero-order valence-corrected chi connectivity index (χ0v) is 35.8. The molecule has 3 fully saturated rings. The van der Waals surface area contributed by atoms with Crippen molar-refractivity contribution >= 4 is 46.6 Å². The maximum atomic E-state index is 13.7. The van der Waals surface area contributed by atoms with Crippen LogP contribution in [-0.4, -0.2) is 102 Å². The first-order valence-electron chi connectivity index (χ1n) is 21.8. The van der Waals surface area contributed by atoms with E-state index in [1.165, 1.54) is 0 Å². The van der Waals surface area contributed by atoms with Gasteiger partial charge in [-0.15, -0.1) is 10.2 Å². The number of nitrogens with one attached hydrogen (secondary N) is 1. The van der Waals surface area contributed by atoms with E-state index in [2.05, 4.69) is 59.0 Å². The third-order valence-electron chi connectivity index (χ3n) is 13.4. The first kappa shape index (κ1) is 40.1. The first-order chi connectivity index (χ1) is 30.1. The smallest absolute Gasteiger partial charge is 0.264 e. The van der Waals surface area contributed by atoms with Gasteiger partial charge in [-0.2, -0.15) is 5.10 Å². The number of amides is 4. The monoisotopic (exact) mass is 852 g/mol. The van der Waals surface area contributed by atoms with Gasteiger partial charge in [0.2, 0.25) is 11.8 Å². The SMILES string of the molecule is Cc1nnc2n1-c1ccc(-c3cnn(CCCCCCN4CCC(N(C)c5cccc6c5C(=O)N(C5CCC(=O)NC5=O)C6=O)CC4)c3)cc1C(c1ccc(Cl)cc1)=NC21CC1. The van der Waals surface area contributed by atoms with Gasteiger partial charge >= 0.3 is 0 Å². The van der Waals surface area contributed by atoms with Gasteiger partial charge < -0.3 is 9.80 Å². The number of rotatable bonds is 12. The summed E-state index contributed by atoms with van der Waals surface area (Å²) in [6.07, 6.45) is 12.6. The van der Waals surface area contributed by atoms with Crippen molar-refractivity contribution in [2.75, 3.05) is 31.6 Å². The molecule has 4 amide bonds. The van der Waals surface area contributed by atoms with E-state index in [0.29, 0.717) is 21.8 Å². The number of carbonyl (C=O) groups excluding carboxylic acids is 4. The van der Waals surface area contributed by atoms with E-state index in [1.54, 1.807) is 12.1 Å². The molecule has 318 valence electrons. The van der Waals surface area contributed by atoms with E-state index < -0.39 is 23.8 Å². The molecular weight excluding hydrogens is 804 g/mol. The number of nitrogens with zero attached hydrogens (tertiary/aromatic N) is 9. The number of anilines is 1. The van der Waals surface area contributed by atoms with E-state index in [1.807, 2.05) is 50.5 Å². The molecule has 1 atom stereocenters. The number of hydrogen-bond acceptors (Lipinski definition) is 10. The maximum Gasteiger partial charge on any atom is 0.264 e. The highest BCUT2D eigenvalue weighted by molar-refractivity contribution is 6.31. The lowest BCUT2D eigenvalue weighted by Crippen LogP contribution is -2.54. The molecule has 10 rings (SSSR count). The third-order valence-corrected chi connectivity index (χ3v) is 13.7. The van der Waals surface area contributed by atoms with Crippen molar-refractivity contribution in [3.8, 4) is 16.8 Å². The summed E-state index contributed by atoms with van der Waals surface area (Å²) in [5, 5.41) is 16.8. The Bertz CT molecular complexity index is 2640. The molecule has 0 bridgehead atoms. The van der Waals surface area contributed by atoms with Crippen molar-refractivity contribution in [2.24, 2.45) is 4.99 Å². The van der Waals surface area contributed by atoms with Gasteiger partial charge in [-0.25, -0.2) is 0 Å². The second-order valence-electron chi connectivity index (χ2n) is 17.4. The molecule has 5 aromatic rings. The predicted octanol–water partition coefficient (Wildman–Crippen LogP) is 6.50. The summed E-state index contributed by atoms with van der Waals surface area (Å²) in [5.41, 5.74) is 7.19. The largest absolute Gasteiger partial charge is 0.371 e. The van der Waals surface area contributed by atoms with E-state index in [0.717, 1.165) is 128 Å². The number of aliphatic imine (C=N–C) groups is 1. The normalized spacial score (nSPS) is 19.6. The summed E-state index contributed by atoms with van der Waals surface area (Å²) in [6, 6.07) is 19.0. The highest BCUT2D eigenvalue weighted by Gasteiger charge is 2.51. The average molecular weight is 853 g/mol. The predicted molar refractivity (Wildman–Crippen MR) is 235 cm³/mol. The van der Waals surface area contributed by atoms with Gasteiger partial charge in [0.05, 0.1) is 34.4 Å². The van der Waals surface area contributed by atoms with Crippen molar-refractivity contribution in [3.05, 3.63) is 112 Å². The fraction of sp³-hybridized carbons (Fsp3) is 0.404. The highest BCUT2D eigenvalue weighted by Crippen LogP contribution is 2.52. The first-order valence-corrected chi connectivity index (χ1v) is 22.2. The molecule has 5 aliphatic rings. The Kier molecular flexibility index (Phi) is 10.4. The van der Waals surface area contributed by atoms with Crippen LogP contribution in [0.1, 0.15) is 108 Å². The van der Waals surface area contributed by atoms with E-state index in [9.17, 15) is 19.2 Å². The second-order valence-corrected chi connectivity index (χ2v) is 17.8. The summed E-state index contributed by atoms with van der Waals surface area (Å²) in [5.74, 6) is -0.171. The van der Waals surface area contributed by atoms with Crippen LogP contribution in [0.15, 0.2) is 78.0 Å². The van der Waals surface area contributed by atoms with Crippen LogP contribution < -0.4 is 10.2 Å². The maximum absolute atomic E-state index is 13.7. The fourth-order valence-electron chi connectivity index (χ4n) is 9.77. The van der Waals surface area contributed by atoms with Crippen molar-refractivity contribution in [3.63, 3.8) is 0 Å². The number of aryl methyl sites for hydroxylation is 2. The zero-order chi connectivity index (χ0) is 42.7. The lowest BCUT2D eigenvalue weighted by Gasteiger charge is -2.38. The molecular formula is C47H49ClN10O4. The van der Waals surface area contributed by atoms with Crippen LogP contribution in [0.2, 0.25) is 5.02 Å². The van der Waals surface area contributed by atoms with Crippen LogP contribution in [0, 0.1) is 6.92 Å². The molecule has 1 N–H and O–H groups in total. The third kappa shape index (κ3) is 7.22. The molecule has 2 aromatic heterocycles. The van der Waals surface area contributed by atoms with Crippen LogP contribution in [-0.2, 0) is 21.7 Å². The van der Waals surface area contributed by atoms with Crippen molar-refractivity contribution in [1.82, 2.24) is 39.7 Å². The zero-order valence-electron chi connectivity index (χ0n) is 35.0. The quantitative estimate of drug-likeness (QED) is 0.110.